The summed E-state index contributed by atoms with van der Waals surface area (Å²) in [6, 6.07) is 0. The molecule has 0 saturated carbocycles. The molecule has 1 aromatic heterocycles. The molecule has 1 amide bonds. The molecule has 1 heterocycles. The van der Waals surface area contributed by atoms with Gasteiger partial charge in [0.05, 0.1) is 5.56 Å². The van der Waals surface area contributed by atoms with E-state index in [1.165, 1.54) is 43.3 Å². The fourth-order valence-corrected chi connectivity index (χ4v) is 3.18. The number of carbonyl (C=O) groups is 3. The number of carbonyl (C=O) groups excluding carboxylic acids is 3. The average Bonchev–Trinajstić information content (AvgIpc) is 3.27. The SMILES string of the molecule is C=O.C=O.C=c1[nH]cc(C(=O)NCCC2=CC=C(C)C=CC2)/c1=C/C=C(\C)Cl.CC.CC.CC.CCCCCCC. The Morgan fingerprint density at radius 2 is 1.51 bits per heavy atom. The van der Waals surface area contributed by atoms with E-state index in [2.05, 4.69) is 62.0 Å². The summed E-state index contributed by atoms with van der Waals surface area (Å²) >= 11 is 5.85. The van der Waals surface area contributed by atoms with E-state index in [0.29, 0.717) is 22.5 Å². The Labute approximate surface area is 257 Å². The summed E-state index contributed by atoms with van der Waals surface area (Å²) in [4.78, 5) is 31.4. The van der Waals surface area contributed by atoms with Gasteiger partial charge in [0.2, 0.25) is 0 Å². The molecule has 2 N–H and O–H groups in total. The van der Waals surface area contributed by atoms with Gasteiger partial charge in [0.15, 0.2) is 0 Å². The molecule has 236 valence electrons. The maximum Gasteiger partial charge on any atom is 0.253 e. The third kappa shape index (κ3) is 28.4. The highest BCUT2D eigenvalue weighted by Crippen LogP contribution is 2.13. The number of nitrogens with one attached hydrogen (secondary N) is 2. The van der Waals surface area contributed by atoms with E-state index in [9.17, 15) is 4.79 Å². The van der Waals surface area contributed by atoms with Crippen LogP contribution in [-0.4, -0.2) is 31.0 Å². The molecule has 0 atom stereocenters. The van der Waals surface area contributed by atoms with Crippen LogP contribution < -0.4 is 15.9 Å². The quantitative estimate of drug-likeness (QED) is 0.281. The highest BCUT2D eigenvalue weighted by molar-refractivity contribution is 6.29. The van der Waals surface area contributed by atoms with E-state index >= 15 is 0 Å². The second-order valence-electron chi connectivity index (χ2n) is 7.92. The maximum atomic E-state index is 12.4. The lowest BCUT2D eigenvalue weighted by molar-refractivity contribution is -0.0987. The van der Waals surface area contributed by atoms with Crippen molar-refractivity contribution in [3.8, 4) is 0 Å². The van der Waals surface area contributed by atoms with Gasteiger partial charge in [0.25, 0.3) is 5.91 Å². The van der Waals surface area contributed by atoms with E-state index in [0.717, 1.165) is 18.1 Å². The molecule has 1 aromatic rings. The molecule has 0 fully saturated rings. The van der Waals surface area contributed by atoms with Crippen molar-refractivity contribution in [1.29, 1.82) is 0 Å². The van der Waals surface area contributed by atoms with Crippen LogP contribution in [0.1, 0.15) is 125 Å². The Morgan fingerprint density at radius 1 is 0.976 bits per heavy atom. The van der Waals surface area contributed by atoms with Crippen molar-refractivity contribution in [2.24, 2.45) is 0 Å². The van der Waals surface area contributed by atoms with Crippen molar-refractivity contribution < 1.29 is 14.4 Å². The van der Waals surface area contributed by atoms with Gasteiger partial charge < -0.3 is 19.9 Å². The van der Waals surface area contributed by atoms with Crippen molar-refractivity contribution in [3.05, 3.63) is 68.9 Å². The van der Waals surface area contributed by atoms with Crippen LogP contribution >= 0.6 is 11.6 Å². The van der Waals surface area contributed by atoms with Crippen molar-refractivity contribution in [2.75, 3.05) is 6.54 Å². The largest absolute Gasteiger partial charge is 0.361 e. The average molecular weight is 593 g/mol. The molecule has 0 aliphatic heterocycles. The number of rotatable bonds is 9. The Balaban J connectivity index is -0.000000213. The molecule has 2 rings (SSSR count). The fraction of sp³-hybridized carbons (Fsp3) is 0.514. The van der Waals surface area contributed by atoms with E-state index in [1.807, 2.05) is 61.2 Å². The Kier molecular flexibility index (Phi) is 45.8. The van der Waals surface area contributed by atoms with E-state index < -0.39 is 0 Å². The molecule has 5 nitrogen and oxygen atoms in total. The minimum Gasteiger partial charge on any atom is -0.361 e. The molecule has 0 bridgehead atoms. The summed E-state index contributed by atoms with van der Waals surface area (Å²) in [6.07, 6.45) is 22.5. The van der Waals surface area contributed by atoms with Crippen LogP contribution in [0.5, 0.6) is 0 Å². The Bertz CT molecular complexity index is 947. The van der Waals surface area contributed by atoms with Crippen molar-refractivity contribution in [2.45, 2.75) is 114 Å². The predicted octanol–water partition coefficient (Wildman–Crippen LogP) is 8.99. The number of H-pyrrole nitrogens is 1. The van der Waals surface area contributed by atoms with Crippen molar-refractivity contribution in [3.63, 3.8) is 0 Å². The van der Waals surface area contributed by atoms with Gasteiger partial charge in [-0.2, -0.15) is 0 Å². The summed E-state index contributed by atoms with van der Waals surface area (Å²) in [5.41, 5.74) is 3.13. The fourth-order valence-electron chi connectivity index (χ4n) is 3.12. The molecule has 1 aliphatic carbocycles. The number of amides is 1. The van der Waals surface area contributed by atoms with E-state index in [1.54, 1.807) is 19.2 Å². The van der Waals surface area contributed by atoms with E-state index in [4.69, 9.17) is 21.2 Å². The van der Waals surface area contributed by atoms with Gasteiger partial charge in [-0.1, -0.05) is 147 Å². The minimum atomic E-state index is -0.107. The standard InChI is InChI=1S/C20H23ClN2O.C7H16.3C2H6.2CH2O/c1-14-5-4-6-17(9-7-14)11-12-22-20(24)19-13-23-16(3)18(19)10-8-15(2)21;1-3-5-7-6-4-2;5*1-2/h4-5,7-10,13,23H,3,6,11-12H2,1-2H3,(H,22,24);3-7H2,1-2H3;3*1-2H3;2*1H2/b15-8+,18-10+;;;;;;. The lowest BCUT2D eigenvalue weighted by Gasteiger charge is -2.06. The molecule has 6 heteroatoms. The van der Waals surface area contributed by atoms with Crippen LogP contribution in [0.2, 0.25) is 0 Å². The van der Waals surface area contributed by atoms with Gasteiger partial charge in [-0.05, 0) is 32.8 Å². The molecule has 1 aliphatic rings. The number of hydrogen-bond donors (Lipinski definition) is 2. The van der Waals surface area contributed by atoms with Crippen LogP contribution in [-0.2, 0) is 9.59 Å². The number of aromatic nitrogens is 1. The molecule has 0 saturated heterocycles. The van der Waals surface area contributed by atoms with Gasteiger partial charge in [0, 0.05) is 28.3 Å². The minimum absolute atomic E-state index is 0.107. The van der Waals surface area contributed by atoms with Crippen molar-refractivity contribution >= 4 is 43.7 Å². The first-order chi connectivity index (χ1) is 19.9. The molecule has 0 radical (unpaired) electrons. The van der Waals surface area contributed by atoms with Crippen LogP contribution in [0.3, 0.4) is 0 Å². The van der Waals surface area contributed by atoms with E-state index in [-0.39, 0.29) is 5.91 Å². The maximum absolute atomic E-state index is 12.4. The van der Waals surface area contributed by atoms with Crippen LogP contribution in [0, 0.1) is 0 Å². The first kappa shape index (κ1) is 47.8. The third-order valence-corrected chi connectivity index (χ3v) is 5.14. The summed E-state index contributed by atoms with van der Waals surface area (Å²) in [5.74, 6) is -0.107. The Hall–Kier alpha value is -2.92. The number of unbranched alkanes of at least 4 members (excludes halogenated alkanes) is 4. The smallest absolute Gasteiger partial charge is 0.253 e. The zero-order valence-corrected chi connectivity index (χ0v) is 28.7. The zero-order valence-electron chi connectivity index (χ0n) is 27.9. The number of hydrogen-bond acceptors (Lipinski definition) is 3. The van der Waals surface area contributed by atoms with Gasteiger partial charge in [0.1, 0.15) is 13.6 Å². The lowest BCUT2D eigenvalue weighted by Crippen LogP contribution is -2.32. The zero-order chi connectivity index (χ0) is 33.1. The second-order valence-corrected chi connectivity index (χ2v) is 8.52. The lowest BCUT2D eigenvalue weighted by atomic mass is 10.1. The number of allylic oxidation sites excluding steroid dienone is 7. The molecule has 41 heavy (non-hydrogen) atoms. The molecule has 0 unspecified atom stereocenters. The summed E-state index contributed by atoms with van der Waals surface area (Å²) in [7, 11) is 0. The first-order valence-electron chi connectivity index (χ1n) is 15.0. The Morgan fingerprint density at radius 3 is 2.00 bits per heavy atom. The molecule has 0 spiro atoms. The number of aromatic amines is 1. The monoisotopic (exact) mass is 592 g/mol. The second kappa shape index (κ2) is 39.2. The van der Waals surface area contributed by atoms with Gasteiger partial charge >= 0.3 is 0 Å². The molecule has 0 aromatic carbocycles. The summed E-state index contributed by atoms with van der Waals surface area (Å²) in [6.45, 7) is 28.9. The highest BCUT2D eigenvalue weighted by Gasteiger charge is 2.09. The predicted molar refractivity (Wildman–Crippen MR) is 185 cm³/mol. The van der Waals surface area contributed by atoms with Crippen LogP contribution in [0.25, 0.3) is 12.7 Å². The van der Waals surface area contributed by atoms with Crippen LogP contribution in [0.4, 0.5) is 0 Å². The summed E-state index contributed by atoms with van der Waals surface area (Å²) in [5, 5.41) is 5.09. The molecular formula is C35H61ClN2O3. The highest BCUT2D eigenvalue weighted by atomic mass is 35.5. The van der Waals surface area contributed by atoms with Gasteiger partial charge in [-0.15, -0.1) is 0 Å². The topological polar surface area (TPSA) is 79.0 Å². The summed E-state index contributed by atoms with van der Waals surface area (Å²) < 4.78 is 0. The first-order valence-corrected chi connectivity index (χ1v) is 15.4. The molecular weight excluding hydrogens is 532 g/mol. The van der Waals surface area contributed by atoms with Gasteiger partial charge in [-0.25, -0.2) is 0 Å². The third-order valence-electron chi connectivity index (χ3n) is 5.01. The van der Waals surface area contributed by atoms with Crippen LogP contribution in [0.15, 0.2) is 52.8 Å². The normalized spacial score (nSPS) is 11.5. The van der Waals surface area contributed by atoms with Gasteiger partial charge in [-0.3, -0.25) is 4.79 Å². The number of halogens is 1. The van der Waals surface area contributed by atoms with Crippen molar-refractivity contribution in [1.82, 2.24) is 10.3 Å².